The summed E-state index contributed by atoms with van der Waals surface area (Å²) in [5, 5.41) is 9.54. The standard InChI is InChI=1S/C20H20N4O/c1-13-6-8-16(9-7-13)24-15(3)14(2)18-19(21)23(12-22-20(18)24)11-17-5-4-10-25-17/h4-10,12,21H,11H2,1-3H3. The van der Waals surface area contributed by atoms with Crippen molar-refractivity contribution in [3.05, 3.63) is 77.1 Å². The summed E-state index contributed by atoms with van der Waals surface area (Å²) in [4.78, 5) is 4.67. The molecule has 1 aromatic carbocycles. The Hall–Kier alpha value is -3.08. The minimum absolute atomic E-state index is 0.452. The Bertz CT molecular complexity index is 1100. The molecule has 0 bridgehead atoms. The van der Waals surface area contributed by atoms with Crippen molar-refractivity contribution in [1.29, 1.82) is 5.41 Å². The van der Waals surface area contributed by atoms with Gasteiger partial charge in [-0.25, -0.2) is 4.98 Å². The highest BCUT2D eigenvalue weighted by atomic mass is 16.3. The zero-order valence-corrected chi connectivity index (χ0v) is 14.6. The van der Waals surface area contributed by atoms with Gasteiger partial charge in [0.15, 0.2) is 0 Å². The van der Waals surface area contributed by atoms with Crippen LogP contribution < -0.4 is 5.49 Å². The maximum absolute atomic E-state index is 8.66. The van der Waals surface area contributed by atoms with E-state index in [2.05, 4.69) is 54.6 Å². The van der Waals surface area contributed by atoms with Gasteiger partial charge in [-0.05, 0) is 50.6 Å². The highest BCUT2D eigenvalue weighted by molar-refractivity contribution is 5.82. The molecule has 5 heteroatoms. The van der Waals surface area contributed by atoms with Gasteiger partial charge < -0.3 is 8.98 Å². The van der Waals surface area contributed by atoms with Crippen LogP contribution in [0.3, 0.4) is 0 Å². The Kier molecular flexibility index (Phi) is 3.57. The summed E-state index contributed by atoms with van der Waals surface area (Å²) in [6.07, 6.45) is 3.37. The molecule has 0 atom stereocenters. The van der Waals surface area contributed by atoms with Crippen LogP contribution >= 0.6 is 0 Å². The summed E-state index contributed by atoms with van der Waals surface area (Å²) in [6.45, 7) is 6.71. The van der Waals surface area contributed by atoms with Crippen LogP contribution in [0.15, 0.2) is 53.4 Å². The SMILES string of the molecule is Cc1ccc(-n2c(C)c(C)c3c(=N)n(Cc4ccco4)cnc32)cc1. The molecule has 5 nitrogen and oxygen atoms in total. The highest BCUT2D eigenvalue weighted by Crippen LogP contribution is 2.25. The molecule has 0 fully saturated rings. The van der Waals surface area contributed by atoms with E-state index in [1.165, 1.54) is 5.56 Å². The molecule has 0 saturated carbocycles. The predicted octanol–water partition coefficient (Wildman–Crippen LogP) is 3.87. The maximum atomic E-state index is 8.66. The third-order valence-corrected chi connectivity index (χ3v) is 4.73. The number of furan rings is 1. The number of aryl methyl sites for hydroxylation is 2. The monoisotopic (exact) mass is 332 g/mol. The molecular weight excluding hydrogens is 312 g/mol. The zero-order valence-electron chi connectivity index (χ0n) is 14.6. The quantitative estimate of drug-likeness (QED) is 0.619. The molecule has 0 unspecified atom stereocenters. The summed E-state index contributed by atoms with van der Waals surface area (Å²) in [6, 6.07) is 12.1. The number of fused-ring (bicyclic) bond motifs is 1. The molecule has 0 spiro atoms. The topological polar surface area (TPSA) is 59.7 Å². The molecule has 4 rings (SSSR count). The van der Waals surface area contributed by atoms with Crippen molar-refractivity contribution in [2.45, 2.75) is 27.3 Å². The van der Waals surface area contributed by atoms with Crippen LogP contribution in [0.25, 0.3) is 16.7 Å². The van der Waals surface area contributed by atoms with E-state index in [-0.39, 0.29) is 0 Å². The fraction of sp³-hybridized carbons (Fsp3) is 0.200. The number of benzene rings is 1. The number of nitrogens with zero attached hydrogens (tertiary/aromatic N) is 3. The van der Waals surface area contributed by atoms with E-state index in [4.69, 9.17) is 9.83 Å². The largest absolute Gasteiger partial charge is 0.467 e. The van der Waals surface area contributed by atoms with E-state index in [0.717, 1.165) is 33.7 Å². The van der Waals surface area contributed by atoms with Crippen molar-refractivity contribution in [3.8, 4) is 5.69 Å². The lowest BCUT2D eigenvalue weighted by molar-refractivity contribution is 0.486. The second kappa shape index (κ2) is 5.77. The number of hydrogen-bond acceptors (Lipinski definition) is 3. The second-order valence-electron chi connectivity index (χ2n) is 6.38. The van der Waals surface area contributed by atoms with Crippen LogP contribution in [0.2, 0.25) is 0 Å². The molecule has 0 radical (unpaired) electrons. The molecule has 0 saturated heterocycles. The zero-order chi connectivity index (χ0) is 17.6. The highest BCUT2D eigenvalue weighted by Gasteiger charge is 2.16. The number of nitrogens with one attached hydrogen (secondary N) is 1. The van der Waals surface area contributed by atoms with E-state index >= 15 is 0 Å². The van der Waals surface area contributed by atoms with E-state index in [1.807, 2.05) is 16.7 Å². The van der Waals surface area contributed by atoms with Crippen molar-refractivity contribution >= 4 is 11.0 Å². The first-order chi connectivity index (χ1) is 12.1. The van der Waals surface area contributed by atoms with Crippen molar-refractivity contribution in [2.24, 2.45) is 0 Å². The van der Waals surface area contributed by atoms with Crippen LogP contribution in [0.5, 0.6) is 0 Å². The third kappa shape index (κ3) is 2.48. The number of aromatic nitrogens is 3. The molecule has 0 aliphatic heterocycles. The molecule has 3 aromatic heterocycles. The smallest absolute Gasteiger partial charge is 0.150 e. The maximum Gasteiger partial charge on any atom is 0.150 e. The van der Waals surface area contributed by atoms with E-state index in [0.29, 0.717) is 12.0 Å². The molecule has 0 amide bonds. The molecule has 3 heterocycles. The normalized spacial score (nSPS) is 11.3. The first-order valence-corrected chi connectivity index (χ1v) is 8.27. The molecule has 1 N–H and O–H groups in total. The lowest BCUT2D eigenvalue weighted by Gasteiger charge is -2.09. The van der Waals surface area contributed by atoms with Gasteiger partial charge in [0.05, 0.1) is 24.5 Å². The van der Waals surface area contributed by atoms with Crippen molar-refractivity contribution in [2.75, 3.05) is 0 Å². The first kappa shape index (κ1) is 15.4. The van der Waals surface area contributed by atoms with Gasteiger partial charge in [0.1, 0.15) is 16.9 Å². The summed E-state index contributed by atoms with van der Waals surface area (Å²) >= 11 is 0. The molecule has 0 aliphatic rings. The molecular formula is C20H20N4O. The Morgan fingerprint density at radius 2 is 1.84 bits per heavy atom. The summed E-state index contributed by atoms with van der Waals surface area (Å²) in [7, 11) is 0. The first-order valence-electron chi connectivity index (χ1n) is 8.27. The Labute approximate surface area is 145 Å². The van der Waals surface area contributed by atoms with Gasteiger partial charge in [-0.1, -0.05) is 17.7 Å². The Morgan fingerprint density at radius 3 is 2.52 bits per heavy atom. The number of hydrogen-bond donors (Lipinski definition) is 1. The van der Waals surface area contributed by atoms with Gasteiger partial charge in [0, 0.05) is 11.4 Å². The lowest BCUT2D eigenvalue weighted by atomic mass is 10.2. The summed E-state index contributed by atoms with van der Waals surface area (Å²) in [5.74, 6) is 0.812. The average Bonchev–Trinajstić information content (AvgIpc) is 3.19. The molecule has 0 aliphatic carbocycles. The van der Waals surface area contributed by atoms with Crippen molar-refractivity contribution in [1.82, 2.24) is 14.1 Å². The van der Waals surface area contributed by atoms with Gasteiger partial charge >= 0.3 is 0 Å². The molecule has 126 valence electrons. The summed E-state index contributed by atoms with van der Waals surface area (Å²) in [5.41, 5.74) is 5.75. The second-order valence-corrected chi connectivity index (χ2v) is 6.38. The fourth-order valence-corrected chi connectivity index (χ4v) is 3.22. The molecule has 25 heavy (non-hydrogen) atoms. The van der Waals surface area contributed by atoms with E-state index < -0.39 is 0 Å². The van der Waals surface area contributed by atoms with Gasteiger partial charge in [-0.2, -0.15) is 0 Å². The fourth-order valence-electron chi connectivity index (χ4n) is 3.22. The van der Waals surface area contributed by atoms with Crippen LogP contribution in [-0.4, -0.2) is 14.1 Å². The van der Waals surface area contributed by atoms with E-state index in [9.17, 15) is 0 Å². The minimum Gasteiger partial charge on any atom is -0.467 e. The Balaban J connectivity index is 1.92. The summed E-state index contributed by atoms with van der Waals surface area (Å²) < 4.78 is 9.34. The lowest BCUT2D eigenvalue weighted by Crippen LogP contribution is -2.21. The van der Waals surface area contributed by atoms with Crippen molar-refractivity contribution in [3.63, 3.8) is 0 Å². The average molecular weight is 332 g/mol. The van der Waals surface area contributed by atoms with Crippen LogP contribution in [0.1, 0.15) is 22.6 Å². The van der Waals surface area contributed by atoms with Crippen LogP contribution in [0.4, 0.5) is 0 Å². The van der Waals surface area contributed by atoms with Gasteiger partial charge in [-0.15, -0.1) is 0 Å². The van der Waals surface area contributed by atoms with Gasteiger partial charge in [-0.3, -0.25) is 9.98 Å². The van der Waals surface area contributed by atoms with Crippen LogP contribution in [-0.2, 0) is 6.54 Å². The Morgan fingerprint density at radius 1 is 1.08 bits per heavy atom. The van der Waals surface area contributed by atoms with Crippen LogP contribution in [0, 0.1) is 26.2 Å². The van der Waals surface area contributed by atoms with Crippen molar-refractivity contribution < 1.29 is 4.42 Å². The van der Waals surface area contributed by atoms with Gasteiger partial charge in [0.2, 0.25) is 0 Å². The third-order valence-electron chi connectivity index (χ3n) is 4.73. The minimum atomic E-state index is 0.452. The van der Waals surface area contributed by atoms with Gasteiger partial charge in [0.25, 0.3) is 0 Å². The number of rotatable bonds is 3. The molecule has 4 aromatic rings. The predicted molar refractivity (Wildman–Crippen MR) is 96.9 cm³/mol. The van der Waals surface area contributed by atoms with E-state index in [1.54, 1.807) is 12.6 Å².